The van der Waals surface area contributed by atoms with Gasteiger partial charge in [0.2, 0.25) is 0 Å². The van der Waals surface area contributed by atoms with Crippen LogP contribution in [0.1, 0.15) is 80.0 Å². The molecule has 2 aromatic rings. The first-order valence-electron chi connectivity index (χ1n) is 11.4. The fourth-order valence-corrected chi connectivity index (χ4v) is 6.77. The molecule has 1 spiro atoms. The monoisotopic (exact) mass is 408 g/mol. The summed E-state index contributed by atoms with van der Waals surface area (Å²) in [7, 11) is 0. The van der Waals surface area contributed by atoms with Crippen molar-refractivity contribution in [2.24, 2.45) is 5.92 Å². The minimum atomic E-state index is -0.635. The highest BCUT2D eigenvalue weighted by Crippen LogP contribution is 2.64. The summed E-state index contributed by atoms with van der Waals surface area (Å²) in [5, 5.41) is 31.8. The van der Waals surface area contributed by atoms with Crippen LogP contribution in [-0.4, -0.2) is 15.3 Å². The van der Waals surface area contributed by atoms with Crippen molar-refractivity contribution in [1.82, 2.24) is 0 Å². The van der Waals surface area contributed by atoms with Crippen molar-refractivity contribution in [2.45, 2.75) is 82.7 Å². The molecule has 2 atom stereocenters. The maximum atomic E-state index is 11.1. The molecule has 0 unspecified atom stereocenters. The topological polar surface area (TPSA) is 69.9 Å². The zero-order valence-corrected chi connectivity index (χ0v) is 18.0. The van der Waals surface area contributed by atoms with Crippen LogP contribution in [0.15, 0.2) is 24.3 Å². The highest BCUT2D eigenvalue weighted by atomic mass is 16.5. The van der Waals surface area contributed by atoms with E-state index in [1.165, 1.54) is 31.2 Å². The first-order valence-corrected chi connectivity index (χ1v) is 11.4. The lowest BCUT2D eigenvalue weighted by molar-refractivity contribution is -0.0965. The molecule has 2 fully saturated rings. The van der Waals surface area contributed by atoms with Crippen LogP contribution in [0.3, 0.4) is 0 Å². The molecule has 0 bridgehead atoms. The minimum Gasteiger partial charge on any atom is -0.508 e. The van der Waals surface area contributed by atoms with Gasteiger partial charge < -0.3 is 20.1 Å². The summed E-state index contributed by atoms with van der Waals surface area (Å²) in [6, 6.07) is 7.46. The van der Waals surface area contributed by atoms with Gasteiger partial charge in [-0.2, -0.15) is 0 Å². The Labute approximate surface area is 178 Å². The maximum Gasteiger partial charge on any atom is 0.141 e. The Morgan fingerprint density at radius 3 is 2.13 bits per heavy atom. The van der Waals surface area contributed by atoms with E-state index >= 15 is 0 Å². The predicted octanol–water partition coefficient (Wildman–Crippen LogP) is 6.10. The number of rotatable bonds is 1. The highest BCUT2D eigenvalue weighted by Gasteiger charge is 2.60. The molecule has 3 N–H and O–H groups in total. The summed E-state index contributed by atoms with van der Waals surface area (Å²) in [5.41, 5.74) is 2.70. The van der Waals surface area contributed by atoms with E-state index in [-0.39, 0.29) is 28.6 Å². The molecule has 0 radical (unpaired) electrons. The minimum absolute atomic E-state index is 0.00292. The molecule has 0 amide bonds. The van der Waals surface area contributed by atoms with E-state index in [1.54, 1.807) is 13.0 Å². The second-order valence-corrected chi connectivity index (χ2v) is 9.70. The van der Waals surface area contributed by atoms with Gasteiger partial charge in [0.15, 0.2) is 0 Å². The maximum absolute atomic E-state index is 11.1. The van der Waals surface area contributed by atoms with Gasteiger partial charge in [-0.25, -0.2) is 0 Å². The molecule has 4 nitrogen and oxygen atoms in total. The van der Waals surface area contributed by atoms with Gasteiger partial charge in [0, 0.05) is 33.6 Å². The fraction of sp³-hybridized carbons (Fsp3) is 0.538. The van der Waals surface area contributed by atoms with Gasteiger partial charge in [0.05, 0.1) is 0 Å². The summed E-state index contributed by atoms with van der Waals surface area (Å²) in [6.45, 7) is 3.69. The number of phenols is 3. The van der Waals surface area contributed by atoms with Gasteiger partial charge in [-0.05, 0) is 64.2 Å². The number of benzene rings is 2. The molecule has 1 heterocycles. The molecule has 0 saturated heterocycles. The van der Waals surface area contributed by atoms with Crippen LogP contribution in [0, 0.1) is 19.8 Å². The second-order valence-electron chi connectivity index (χ2n) is 9.70. The zero-order valence-electron chi connectivity index (χ0n) is 18.0. The van der Waals surface area contributed by atoms with Gasteiger partial charge in [0.1, 0.15) is 28.6 Å². The zero-order chi connectivity index (χ0) is 21.1. The lowest BCUT2D eigenvalue weighted by atomic mass is 9.51. The molecule has 160 valence electrons. The number of aromatic hydroxyl groups is 3. The van der Waals surface area contributed by atoms with Crippen molar-refractivity contribution in [1.29, 1.82) is 0 Å². The third-order valence-corrected chi connectivity index (χ3v) is 8.32. The van der Waals surface area contributed by atoms with Crippen molar-refractivity contribution in [3.63, 3.8) is 0 Å². The Morgan fingerprint density at radius 1 is 0.767 bits per heavy atom. The Kier molecular flexibility index (Phi) is 4.46. The first kappa shape index (κ1) is 19.6. The average molecular weight is 409 g/mol. The summed E-state index contributed by atoms with van der Waals surface area (Å²) < 4.78 is 6.92. The smallest absolute Gasteiger partial charge is 0.141 e. The normalized spacial score (nSPS) is 27.2. The standard InChI is InChI=1S/C26H32O4/c1-16-20(27)11-9-18(23(16)29)26-15-7-4-8-22(26)25(13-5-3-6-14-25)19-10-12-21(28)17(2)24(19)30-26/h9-12,22,27-29H,3-8,13-15H2,1-2H3/t22-,26+/m1/s1. The molecule has 1 aliphatic heterocycles. The van der Waals surface area contributed by atoms with Gasteiger partial charge >= 0.3 is 0 Å². The van der Waals surface area contributed by atoms with Crippen LogP contribution >= 0.6 is 0 Å². The predicted molar refractivity (Wildman–Crippen MR) is 116 cm³/mol. The Hall–Kier alpha value is -2.36. The van der Waals surface area contributed by atoms with Crippen LogP contribution in [0.4, 0.5) is 0 Å². The largest absolute Gasteiger partial charge is 0.508 e. The third-order valence-electron chi connectivity index (χ3n) is 8.32. The molecule has 2 saturated carbocycles. The lowest BCUT2D eigenvalue weighted by Crippen LogP contribution is -2.57. The molecule has 5 rings (SSSR count). The Balaban J connectivity index is 1.80. The van der Waals surface area contributed by atoms with E-state index in [9.17, 15) is 15.3 Å². The highest BCUT2D eigenvalue weighted by molar-refractivity contribution is 5.58. The van der Waals surface area contributed by atoms with Crippen LogP contribution in [0.25, 0.3) is 0 Å². The summed E-state index contributed by atoms with van der Waals surface area (Å²) >= 11 is 0. The molecule has 2 aliphatic carbocycles. The molecule has 30 heavy (non-hydrogen) atoms. The van der Waals surface area contributed by atoms with E-state index in [1.807, 2.05) is 19.1 Å². The van der Waals surface area contributed by atoms with Gasteiger partial charge in [-0.3, -0.25) is 0 Å². The Bertz CT molecular complexity index is 989. The van der Waals surface area contributed by atoms with E-state index in [0.29, 0.717) is 5.56 Å². The molecule has 0 aromatic heterocycles. The number of ether oxygens (including phenoxy) is 1. The van der Waals surface area contributed by atoms with Crippen molar-refractivity contribution < 1.29 is 20.1 Å². The molecule has 4 heteroatoms. The van der Waals surface area contributed by atoms with Crippen molar-refractivity contribution in [2.75, 3.05) is 0 Å². The molecular weight excluding hydrogens is 376 g/mol. The van der Waals surface area contributed by atoms with E-state index in [0.717, 1.165) is 49.0 Å². The SMILES string of the molecule is Cc1c(O)ccc([C@@]23CCCC[C@@H]2C2(CCCCC2)c2ccc(O)c(C)c2O3)c1O. The number of hydrogen-bond acceptors (Lipinski definition) is 4. The molecule has 3 aliphatic rings. The van der Waals surface area contributed by atoms with Crippen LogP contribution < -0.4 is 4.74 Å². The first-order chi connectivity index (χ1) is 14.4. The summed E-state index contributed by atoms with van der Waals surface area (Å²) in [6.07, 6.45) is 10.0. The van der Waals surface area contributed by atoms with Crippen molar-refractivity contribution in [3.05, 3.63) is 46.5 Å². The summed E-state index contributed by atoms with van der Waals surface area (Å²) in [4.78, 5) is 0. The van der Waals surface area contributed by atoms with Crippen LogP contribution in [0.5, 0.6) is 23.0 Å². The van der Waals surface area contributed by atoms with E-state index < -0.39 is 5.60 Å². The van der Waals surface area contributed by atoms with Crippen molar-refractivity contribution >= 4 is 0 Å². The fourth-order valence-electron chi connectivity index (χ4n) is 6.77. The lowest BCUT2D eigenvalue weighted by Gasteiger charge is -2.59. The number of phenolic OH excluding ortho intramolecular Hbond substituents is 3. The van der Waals surface area contributed by atoms with E-state index in [2.05, 4.69) is 6.07 Å². The quantitative estimate of drug-likeness (QED) is 0.533. The van der Waals surface area contributed by atoms with Gasteiger partial charge in [-0.15, -0.1) is 0 Å². The third kappa shape index (κ3) is 2.52. The van der Waals surface area contributed by atoms with Crippen LogP contribution in [0.2, 0.25) is 0 Å². The Morgan fingerprint density at radius 2 is 1.40 bits per heavy atom. The molecule has 2 aromatic carbocycles. The van der Waals surface area contributed by atoms with Gasteiger partial charge in [-0.1, -0.05) is 31.7 Å². The van der Waals surface area contributed by atoms with Gasteiger partial charge in [0.25, 0.3) is 0 Å². The number of hydrogen-bond donors (Lipinski definition) is 3. The van der Waals surface area contributed by atoms with E-state index in [4.69, 9.17) is 4.74 Å². The average Bonchev–Trinajstić information content (AvgIpc) is 2.76. The number of fused-ring (bicyclic) bond motifs is 4. The van der Waals surface area contributed by atoms with Crippen LogP contribution in [-0.2, 0) is 11.0 Å². The van der Waals surface area contributed by atoms with Crippen molar-refractivity contribution in [3.8, 4) is 23.0 Å². The summed E-state index contributed by atoms with van der Waals surface area (Å²) in [5.74, 6) is 1.59. The second kappa shape index (κ2) is 6.83. The molecular formula is C26H32O4.